The van der Waals surface area contributed by atoms with Crippen LogP contribution in [-0.4, -0.2) is 30.5 Å². The van der Waals surface area contributed by atoms with Crippen LogP contribution in [0.4, 0.5) is 0 Å². The summed E-state index contributed by atoms with van der Waals surface area (Å²) in [6.07, 6.45) is 3.67. The third-order valence-corrected chi connectivity index (χ3v) is 6.63. The lowest BCUT2D eigenvalue weighted by Crippen LogP contribution is -2.03. The van der Waals surface area contributed by atoms with Gasteiger partial charge in [-0.05, 0) is 25.1 Å². The van der Waals surface area contributed by atoms with Crippen molar-refractivity contribution in [1.82, 2.24) is 24.5 Å². The van der Waals surface area contributed by atoms with Gasteiger partial charge in [0.15, 0.2) is 0 Å². The normalized spacial score (nSPS) is 11.3. The van der Waals surface area contributed by atoms with Crippen LogP contribution in [0.25, 0.3) is 26.5 Å². The maximum absolute atomic E-state index is 12.6. The van der Waals surface area contributed by atoms with Gasteiger partial charge in [0, 0.05) is 29.6 Å². The van der Waals surface area contributed by atoms with E-state index in [0.717, 1.165) is 37.9 Å². The molecule has 0 bridgehead atoms. The van der Waals surface area contributed by atoms with E-state index in [9.17, 15) is 4.79 Å². The average molecular weight is 436 g/mol. The molecule has 7 nitrogen and oxygen atoms in total. The minimum absolute atomic E-state index is 0.133. The van der Waals surface area contributed by atoms with Crippen LogP contribution >= 0.6 is 22.7 Å². The van der Waals surface area contributed by atoms with Gasteiger partial charge in [0.1, 0.15) is 21.3 Å². The van der Waals surface area contributed by atoms with Crippen LogP contribution in [0, 0.1) is 6.92 Å². The summed E-state index contributed by atoms with van der Waals surface area (Å²) in [4.78, 5) is 18.7. The number of aromatic nitrogens is 5. The molecule has 4 heterocycles. The summed E-state index contributed by atoms with van der Waals surface area (Å²) in [7, 11) is 1.86. The van der Waals surface area contributed by atoms with Crippen LogP contribution in [0.1, 0.15) is 21.1 Å². The van der Waals surface area contributed by atoms with Gasteiger partial charge in [-0.1, -0.05) is 18.2 Å². The van der Waals surface area contributed by atoms with E-state index in [-0.39, 0.29) is 12.6 Å². The van der Waals surface area contributed by atoms with E-state index in [1.165, 1.54) is 22.7 Å². The Bertz CT molecular complexity index is 1350. The Hall–Kier alpha value is -3.30. The quantitative estimate of drug-likeness (QED) is 0.377. The number of para-hydroxylation sites is 1. The van der Waals surface area contributed by atoms with Gasteiger partial charge < -0.3 is 4.74 Å². The highest BCUT2D eigenvalue weighted by Gasteiger charge is 2.18. The van der Waals surface area contributed by atoms with Crippen molar-refractivity contribution in [3.8, 4) is 16.3 Å². The lowest BCUT2D eigenvalue weighted by atomic mass is 10.3. The van der Waals surface area contributed by atoms with E-state index in [2.05, 4.69) is 15.2 Å². The molecule has 30 heavy (non-hydrogen) atoms. The van der Waals surface area contributed by atoms with Crippen LogP contribution in [0.15, 0.2) is 54.2 Å². The van der Waals surface area contributed by atoms with E-state index in [4.69, 9.17) is 4.74 Å². The molecule has 0 aliphatic rings. The molecule has 0 N–H and O–H groups in total. The summed E-state index contributed by atoms with van der Waals surface area (Å²) >= 11 is 2.89. The molecular weight excluding hydrogens is 418 g/mol. The maximum atomic E-state index is 12.6. The smallest absolute Gasteiger partial charge is 0.348 e. The van der Waals surface area contributed by atoms with Crippen LogP contribution < -0.4 is 0 Å². The number of benzene rings is 1. The fourth-order valence-electron chi connectivity index (χ4n) is 3.14. The van der Waals surface area contributed by atoms with Crippen LogP contribution in [0.2, 0.25) is 0 Å². The Labute approximate surface area is 180 Å². The largest absolute Gasteiger partial charge is 0.455 e. The van der Waals surface area contributed by atoms with Gasteiger partial charge in [0.05, 0.1) is 23.3 Å². The Morgan fingerprint density at radius 2 is 2.07 bits per heavy atom. The summed E-state index contributed by atoms with van der Waals surface area (Å²) in [5, 5.41) is 12.5. The SMILES string of the molecule is Cc1nn(-c2ccccc2)c2sc(C(=O)OCc3csc(-c4cnn(C)c4)n3)cc12. The number of carbonyl (C=O) groups is 1. The first-order valence-corrected chi connectivity index (χ1v) is 10.9. The van der Waals surface area contributed by atoms with Crippen molar-refractivity contribution >= 4 is 38.9 Å². The molecule has 150 valence electrons. The maximum Gasteiger partial charge on any atom is 0.348 e. The minimum atomic E-state index is -0.355. The number of hydrogen-bond donors (Lipinski definition) is 0. The molecule has 0 saturated heterocycles. The molecule has 0 fully saturated rings. The standard InChI is InChI=1S/C21H17N5O2S2/c1-13-17-8-18(30-20(17)26(24-13)16-6-4-3-5-7-16)21(27)28-11-15-12-29-19(23-15)14-9-22-25(2)10-14/h3-10,12H,11H2,1-2H3. The number of thiophene rings is 1. The molecule has 5 aromatic rings. The van der Waals surface area contributed by atoms with E-state index >= 15 is 0 Å². The Kier molecular flexibility index (Phi) is 4.68. The summed E-state index contributed by atoms with van der Waals surface area (Å²) in [5.74, 6) is -0.355. The highest BCUT2D eigenvalue weighted by Crippen LogP contribution is 2.31. The minimum Gasteiger partial charge on any atom is -0.455 e. The molecule has 0 spiro atoms. The van der Waals surface area contributed by atoms with Crippen molar-refractivity contribution < 1.29 is 9.53 Å². The highest BCUT2D eigenvalue weighted by molar-refractivity contribution is 7.20. The molecular formula is C21H17N5O2S2. The van der Waals surface area contributed by atoms with Crippen LogP contribution in [0.3, 0.4) is 0 Å². The summed E-state index contributed by atoms with van der Waals surface area (Å²) in [6.45, 7) is 2.08. The molecule has 9 heteroatoms. The van der Waals surface area contributed by atoms with Gasteiger partial charge in [-0.3, -0.25) is 4.68 Å². The summed E-state index contributed by atoms with van der Waals surface area (Å²) < 4.78 is 9.12. The first-order chi connectivity index (χ1) is 14.6. The number of esters is 1. The zero-order valence-electron chi connectivity index (χ0n) is 16.3. The average Bonchev–Trinajstić information content (AvgIpc) is 3.52. The Morgan fingerprint density at radius 3 is 2.83 bits per heavy atom. The number of hydrogen-bond acceptors (Lipinski definition) is 7. The third-order valence-electron chi connectivity index (χ3n) is 4.60. The predicted octanol–water partition coefficient (Wildman–Crippen LogP) is 4.61. The molecule has 0 amide bonds. The van der Waals surface area contributed by atoms with Gasteiger partial charge in [0.2, 0.25) is 0 Å². The topological polar surface area (TPSA) is 74.8 Å². The second-order valence-corrected chi connectivity index (χ2v) is 8.67. The molecule has 0 atom stereocenters. The number of ether oxygens (including phenoxy) is 1. The highest BCUT2D eigenvalue weighted by atomic mass is 32.1. The summed E-state index contributed by atoms with van der Waals surface area (Å²) in [5.41, 5.74) is 3.51. The van der Waals surface area contributed by atoms with E-state index < -0.39 is 0 Å². The second kappa shape index (κ2) is 7.51. The number of nitrogens with zero attached hydrogens (tertiary/aromatic N) is 5. The van der Waals surface area contributed by atoms with Crippen molar-refractivity contribution in [1.29, 1.82) is 0 Å². The van der Waals surface area contributed by atoms with Gasteiger partial charge in [-0.25, -0.2) is 14.5 Å². The molecule has 0 aliphatic carbocycles. The number of thiazole rings is 1. The van der Waals surface area contributed by atoms with Crippen molar-refractivity contribution in [3.63, 3.8) is 0 Å². The van der Waals surface area contributed by atoms with Crippen molar-refractivity contribution in [2.24, 2.45) is 7.05 Å². The lowest BCUT2D eigenvalue weighted by Gasteiger charge is -2.02. The number of aryl methyl sites for hydroxylation is 2. The lowest BCUT2D eigenvalue weighted by molar-refractivity contribution is 0.0474. The monoisotopic (exact) mass is 435 g/mol. The number of fused-ring (bicyclic) bond motifs is 1. The van der Waals surface area contributed by atoms with E-state index in [1.807, 2.05) is 66.6 Å². The molecule has 0 aliphatic heterocycles. The van der Waals surface area contributed by atoms with E-state index in [1.54, 1.807) is 10.9 Å². The van der Waals surface area contributed by atoms with Crippen LogP contribution in [0.5, 0.6) is 0 Å². The molecule has 4 aromatic heterocycles. The molecule has 1 aromatic carbocycles. The van der Waals surface area contributed by atoms with E-state index in [0.29, 0.717) is 4.88 Å². The Balaban J connectivity index is 1.34. The van der Waals surface area contributed by atoms with Crippen molar-refractivity contribution in [2.45, 2.75) is 13.5 Å². The van der Waals surface area contributed by atoms with Gasteiger partial charge >= 0.3 is 5.97 Å². The van der Waals surface area contributed by atoms with Crippen molar-refractivity contribution in [2.75, 3.05) is 0 Å². The first-order valence-electron chi connectivity index (χ1n) is 9.23. The predicted molar refractivity (Wildman–Crippen MR) is 117 cm³/mol. The zero-order valence-corrected chi connectivity index (χ0v) is 17.9. The van der Waals surface area contributed by atoms with Gasteiger partial charge in [-0.2, -0.15) is 10.2 Å². The molecule has 0 unspecified atom stereocenters. The van der Waals surface area contributed by atoms with Crippen molar-refractivity contribution in [3.05, 3.63) is 70.4 Å². The third kappa shape index (κ3) is 3.42. The van der Waals surface area contributed by atoms with Gasteiger partial charge in [0.25, 0.3) is 0 Å². The molecule has 0 radical (unpaired) electrons. The number of rotatable bonds is 5. The zero-order chi connectivity index (χ0) is 20.7. The van der Waals surface area contributed by atoms with Gasteiger partial charge in [-0.15, -0.1) is 22.7 Å². The summed E-state index contributed by atoms with van der Waals surface area (Å²) in [6, 6.07) is 11.7. The second-order valence-electron chi connectivity index (χ2n) is 6.79. The molecule has 0 saturated carbocycles. The number of carbonyl (C=O) groups excluding carboxylic acids is 1. The first kappa shape index (κ1) is 18.7. The fraction of sp³-hybridized carbons (Fsp3) is 0.143. The fourth-order valence-corrected chi connectivity index (χ4v) is 5.00. The Morgan fingerprint density at radius 1 is 1.23 bits per heavy atom. The van der Waals surface area contributed by atoms with Crippen LogP contribution in [-0.2, 0) is 18.4 Å². The molecule has 5 rings (SSSR count).